The topological polar surface area (TPSA) is 45.2 Å². The summed E-state index contributed by atoms with van der Waals surface area (Å²) in [7, 11) is 0. The molecule has 3 rings (SSSR count). The lowest BCUT2D eigenvalue weighted by molar-refractivity contribution is -0.137. The van der Waals surface area contributed by atoms with Crippen LogP contribution in [-0.4, -0.2) is 24.0 Å². The number of nitrogens with one attached hydrogen (secondary N) is 1. The number of amides is 1. The summed E-state index contributed by atoms with van der Waals surface area (Å²) in [6.45, 7) is 7.03. The number of piperidine rings is 1. The van der Waals surface area contributed by atoms with Gasteiger partial charge in [-0.2, -0.15) is 13.2 Å². The number of aryl methyl sites for hydroxylation is 2. The van der Waals surface area contributed by atoms with E-state index in [1.165, 1.54) is 0 Å². The summed E-state index contributed by atoms with van der Waals surface area (Å²) >= 11 is 6.05. The summed E-state index contributed by atoms with van der Waals surface area (Å²) in [6, 6.07) is 6.98. The first-order chi connectivity index (χ1) is 14.1. The van der Waals surface area contributed by atoms with E-state index in [4.69, 9.17) is 11.6 Å². The van der Waals surface area contributed by atoms with Gasteiger partial charge in [0.05, 0.1) is 16.6 Å². The van der Waals surface area contributed by atoms with Gasteiger partial charge in [-0.15, -0.1) is 0 Å². The van der Waals surface area contributed by atoms with Crippen molar-refractivity contribution in [2.24, 2.45) is 5.92 Å². The van der Waals surface area contributed by atoms with Crippen molar-refractivity contribution in [3.05, 3.63) is 57.7 Å². The smallest absolute Gasteiger partial charge is 0.355 e. The molecule has 1 saturated heterocycles. The minimum absolute atomic E-state index is 0.00506. The number of hydrogen-bond acceptors (Lipinski definition) is 3. The molecule has 1 atom stereocenters. The van der Waals surface area contributed by atoms with Crippen molar-refractivity contribution in [1.82, 2.24) is 10.3 Å². The monoisotopic (exact) mass is 439 g/mol. The van der Waals surface area contributed by atoms with Crippen LogP contribution >= 0.6 is 11.6 Å². The van der Waals surface area contributed by atoms with Gasteiger partial charge in [0.25, 0.3) is 0 Å². The third-order valence-electron chi connectivity index (χ3n) is 5.57. The summed E-state index contributed by atoms with van der Waals surface area (Å²) in [5.41, 5.74) is 2.50. The molecule has 0 saturated carbocycles. The van der Waals surface area contributed by atoms with Crippen LogP contribution in [0.1, 0.15) is 48.1 Å². The van der Waals surface area contributed by atoms with E-state index in [-0.39, 0.29) is 22.9 Å². The zero-order valence-electron chi connectivity index (χ0n) is 17.2. The van der Waals surface area contributed by atoms with Crippen LogP contribution in [0.25, 0.3) is 0 Å². The molecule has 2 aromatic rings. The average Bonchev–Trinajstić information content (AvgIpc) is 2.69. The molecule has 0 radical (unpaired) electrons. The molecule has 162 valence electrons. The van der Waals surface area contributed by atoms with Crippen molar-refractivity contribution in [2.75, 3.05) is 18.0 Å². The SMILES string of the molecule is Cc1ccc(C)c(C(C)NC(=O)C2CCN(c3ncc(C(F)(F)F)cc3Cl)CC2)c1. The maximum absolute atomic E-state index is 12.8. The van der Waals surface area contributed by atoms with Crippen LogP contribution in [-0.2, 0) is 11.0 Å². The van der Waals surface area contributed by atoms with Crippen LogP contribution < -0.4 is 10.2 Å². The summed E-state index contributed by atoms with van der Waals surface area (Å²) in [6.07, 6.45) is -2.51. The van der Waals surface area contributed by atoms with Gasteiger partial charge in [0.15, 0.2) is 0 Å². The second kappa shape index (κ2) is 8.84. The molecule has 4 nitrogen and oxygen atoms in total. The molecule has 1 fully saturated rings. The molecule has 0 bridgehead atoms. The first kappa shape index (κ1) is 22.4. The molecule has 0 aliphatic carbocycles. The second-order valence-electron chi connectivity index (χ2n) is 7.88. The molecule has 8 heteroatoms. The second-order valence-corrected chi connectivity index (χ2v) is 8.29. The van der Waals surface area contributed by atoms with Crippen LogP contribution in [0.15, 0.2) is 30.5 Å². The predicted molar refractivity (Wildman–Crippen MR) is 112 cm³/mol. The van der Waals surface area contributed by atoms with Gasteiger partial charge in [-0.25, -0.2) is 4.98 Å². The molecule has 30 heavy (non-hydrogen) atoms. The molecule has 1 aliphatic rings. The van der Waals surface area contributed by atoms with Gasteiger partial charge in [-0.3, -0.25) is 4.79 Å². The minimum atomic E-state index is -4.48. The fourth-order valence-corrected chi connectivity index (χ4v) is 4.09. The Morgan fingerprint density at radius 1 is 1.23 bits per heavy atom. The molecule has 1 unspecified atom stereocenters. The van der Waals surface area contributed by atoms with Gasteiger partial charge in [-0.1, -0.05) is 35.4 Å². The number of benzene rings is 1. The lowest BCUT2D eigenvalue weighted by Gasteiger charge is -2.33. The Morgan fingerprint density at radius 2 is 1.90 bits per heavy atom. The highest BCUT2D eigenvalue weighted by atomic mass is 35.5. The van der Waals surface area contributed by atoms with E-state index in [9.17, 15) is 18.0 Å². The first-order valence-electron chi connectivity index (χ1n) is 9.91. The summed E-state index contributed by atoms with van der Waals surface area (Å²) in [4.78, 5) is 18.5. The quantitative estimate of drug-likeness (QED) is 0.687. The lowest BCUT2D eigenvalue weighted by atomic mass is 9.94. The molecule has 1 amide bonds. The van der Waals surface area contributed by atoms with Gasteiger partial charge >= 0.3 is 6.18 Å². The number of hydrogen-bond donors (Lipinski definition) is 1. The van der Waals surface area contributed by atoms with Gasteiger partial charge in [-0.05, 0) is 50.8 Å². The van der Waals surface area contributed by atoms with Crippen molar-refractivity contribution in [3.8, 4) is 0 Å². The van der Waals surface area contributed by atoms with E-state index < -0.39 is 11.7 Å². The van der Waals surface area contributed by atoms with Crippen molar-refractivity contribution < 1.29 is 18.0 Å². The van der Waals surface area contributed by atoms with E-state index in [1.807, 2.05) is 37.8 Å². The van der Waals surface area contributed by atoms with Crippen LogP contribution in [0.3, 0.4) is 0 Å². The summed E-state index contributed by atoms with van der Waals surface area (Å²) < 4.78 is 38.4. The Hall–Kier alpha value is -2.28. The molecular weight excluding hydrogens is 415 g/mol. The van der Waals surface area contributed by atoms with Crippen LogP contribution in [0.4, 0.5) is 19.0 Å². The van der Waals surface area contributed by atoms with Gasteiger partial charge in [0, 0.05) is 25.2 Å². The van der Waals surface area contributed by atoms with E-state index in [1.54, 1.807) is 0 Å². The normalized spacial score (nSPS) is 16.4. The minimum Gasteiger partial charge on any atom is -0.355 e. The third-order valence-corrected chi connectivity index (χ3v) is 5.85. The number of anilines is 1. The molecular formula is C22H25ClF3N3O. The number of pyridine rings is 1. The number of alkyl halides is 3. The maximum atomic E-state index is 12.8. The fourth-order valence-electron chi connectivity index (χ4n) is 3.81. The van der Waals surface area contributed by atoms with E-state index in [2.05, 4.69) is 16.4 Å². The van der Waals surface area contributed by atoms with Gasteiger partial charge in [0.1, 0.15) is 5.82 Å². The standard InChI is InChI=1S/C22H25ClF3N3O/c1-13-4-5-14(2)18(10-13)15(3)28-21(30)16-6-8-29(9-7-16)20-19(23)11-17(12-27-20)22(24,25)26/h4-5,10-12,15-16H,6-9H2,1-3H3,(H,28,30). The molecule has 1 aromatic heterocycles. The zero-order chi connectivity index (χ0) is 22.1. The maximum Gasteiger partial charge on any atom is 0.417 e. The lowest BCUT2D eigenvalue weighted by Crippen LogP contribution is -2.41. The van der Waals surface area contributed by atoms with Crippen molar-refractivity contribution in [1.29, 1.82) is 0 Å². The molecule has 1 aliphatic heterocycles. The Morgan fingerprint density at radius 3 is 2.50 bits per heavy atom. The number of carbonyl (C=O) groups excluding carboxylic acids is 1. The van der Waals surface area contributed by atoms with Crippen molar-refractivity contribution in [3.63, 3.8) is 0 Å². The zero-order valence-corrected chi connectivity index (χ0v) is 17.9. The third kappa shape index (κ3) is 5.06. The Balaban J connectivity index is 1.60. The van der Waals surface area contributed by atoms with Crippen molar-refractivity contribution >= 4 is 23.3 Å². The van der Waals surface area contributed by atoms with Crippen LogP contribution in [0.5, 0.6) is 0 Å². The fraction of sp³-hybridized carbons (Fsp3) is 0.455. The molecule has 1 aromatic carbocycles. The Labute approximate surface area is 179 Å². The highest BCUT2D eigenvalue weighted by molar-refractivity contribution is 6.33. The first-order valence-corrected chi connectivity index (χ1v) is 10.3. The number of rotatable bonds is 4. The number of halogens is 4. The van der Waals surface area contributed by atoms with Gasteiger partial charge in [0.2, 0.25) is 5.91 Å². The van der Waals surface area contributed by atoms with E-state index >= 15 is 0 Å². The highest BCUT2D eigenvalue weighted by Gasteiger charge is 2.33. The molecule has 1 N–H and O–H groups in total. The van der Waals surface area contributed by atoms with Crippen LogP contribution in [0.2, 0.25) is 5.02 Å². The van der Waals surface area contributed by atoms with Crippen molar-refractivity contribution in [2.45, 2.75) is 45.8 Å². The summed E-state index contributed by atoms with van der Waals surface area (Å²) in [5.74, 6) is 0.170. The molecule has 0 spiro atoms. The van der Waals surface area contributed by atoms with Gasteiger partial charge < -0.3 is 10.2 Å². The number of nitrogens with zero attached hydrogens (tertiary/aromatic N) is 2. The predicted octanol–water partition coefficient (Wildman–Crippen LogP) is 5.46. The highest BCUT2D eigenvalue weighted by Crippen LogP contribution is 2.34. The Bertz CT molecular complexity index is 924. The van der Waals surface area contributed by atoms with E-state index in [0.717, 1.165) is 29.0 Å². The molecule has 2 heterocycles. The van der Waals surface area contributed by atoms with E-state index in [0.29, 0.717) is 31.7 Å². The number of aromatic nitrogens is 1. The Kier molecular flexibility index (Phi) is 6.60. The largest absolute Gasteiger partial charge is 0.417 e. The number of carbonyl (C=O) groups is 1. The average molecular weight is 440 g/mol. The van der Waals surface area contributed by atoms with Crippen LogP contribution in [0, 0.1) is 19.8 Å². The summed E-state index contributed by atoms with van der Waals surface area (Å²) in [5, 5.41) is 3.07.